The summed E-state index contributed by atoms with van der Waals surface area (Å²) in [6, 6.07) is 7.05. The van der Waals surface area contributed by atoms with E-state index >= 15 is 0 Å². The molecule has 2 rings (SSSR count). The molecule has 1 aromatic rings. The Bertz CT molecular complexity index is 554. The average molecular weight is 331 g/mol. The van der Waals surface area contributed by atoms with Gasteiger partial charge < -0.3 is 16.0 Å². The summed E-state index contributed by atoms with van der Waals surface area (Å²) in [4.78, 5) is 24.1. The van der Waals surface area contributed by atoms with E-state index in [1.807, 2.05) is 0 Å². The van der Waals surface area contributed by atoms with E-state index < -0.39 is 0 Å². The van der Waals surface area contributed by atoms with Gasteiger partial charge in [0.2, 0.25) is 0 Å². The smallest absolute Gasteiger partial charge is 0.319 e. The first-order valence-electron chi connectivity index (χ1n) is 8.91. The Kier molecular flexibility index (Phi) is 6.64. The highest BCUT2D eigenvalue weighted by Gasteiger charge is 2.22. The molecule has 0 aliphatic heterocycles. The van der Waals surface area contributed by atoms with Gasteiger partial charge in [-0.25, -0.2) is 4.79 Å². The predicted molar refractivity (Wildman–Crippen MR) is 97.2 cm³/mol. The molecule has 132 valence electrons. The van der Waals surface area contributed by atoms with Crippen LogP contribution in [0.25, 0.3) is 0 Å². The van der Waals surface area contributed by atoms with Gasteiger partial charge in [-0.15, -0.1) is 0 Å². The van der Waals surface area contributed by atoms with E-state index in [0.29, 0.717) is 29.6 Å². The van der Waals surface area contributed by atoms with Crippen molar-refractivity contribution in [1.29, 1.82) is 0 Å². The Hall–Kier alpha value is -2.04. The van der Waals surface area contributed by atoms with Crippen molar-refractivity contribution in [2.24, 2.45) is 11.8 Å². The van der Waals surface area contributed by atoms with Crippen LogP contribution in [0.1, 0.15) is 56.8 Å². The number of rotatable bonds is 5. The summed E-state index contributed by atoms with van der Waals surface area (Å²) in [5.41, 5.74) is 1.29. The molecule has 5 heteroatoms. The lowest BCUT2D eigenvalue weighted by molar-refractivity contribution is 0.0949. The zero-order valence-corrected chi connectivity index (χ0v) is 14.9. The van der Waals surface area contributed by atoms with E-state index in [2.05, 4.69) is 36.7 Å². The van der Waals surface area contributed by atoms with Gasteiger partial charge in [0, 0.05) is 23.8 Å². The third-order valence-electron chi connectivity index (χ3n) is 4.50. The van der Waals surface area contributed by atoms with Gasteiger partial charge in [0.1, 0.15) is 0 Å². The summed E-state index contributed by atoms with van der Waals surface area (Å²) in [6.07, 6.45) is 4.64. The lowest BCUT2D eigenvalue weighted by atomic mass is 9.86. The molecule has 0 radical (unpaired) electrons. The van der Waals surface area contributed by atoms with Crippen molar-refractivity contribution in [3.63, 3.8) is 0 Å². The molecule has 0 bridgehead atoms. The van der Waals surface area contributed by atoms with Crippen LogP contribution in [-0.2, 0) is 0 Å². The number of hydrogen-bond acceptors (Lipinski definition) is 2. The maximum atomic E-state index is 12.1. The highest BCUT2D eigenvalue weighted by Crippen LogP contribution is 2.23. The Balaban J connectivity index is 1.84. The first-order chi connectivity index (χ1) is 11.5. The molecule has 1 saturated carbocycles. The summed E-state index contributed by atoms with van der Waals surface area (Å²) in [7, 11) is 0. The minimum absolute atomic E-state index is 0.0873. The molecule has 1 fully saturated rings. The fraction of sp³-hybridized carbons (Fsp3) is 0.579. The molecular formula is C19H29N3O2. The second kappa shape index (κ2) is 8.71. The molecule has 5 nitrogen and oxygen atoms in total. The zero-order valence-electron chi connectivity index (χ0n) is 14.9. The second-order valence-corrected chi connectivity index (χ2v) is 7.15. The minimum Gasteiger partial charge on any atom is -0.352 e. The van der Waals surface area contributed by atoms with E-state index in [9.17, 15) is 9.59 Å². The van der Waals surface area contributed by atoms with Gasteiger partial charge in [-0.2, -0.15) is 0 Å². The summed E-state index contributed by atoms with van der Waals surface area (Å²) >= 11 is 0. The molecular weight excluding hydrogens is 302 g/mol. The van der Waals surface area contributed by atoms with Crippen molar-refractivity contribution in [2.45, 2.75) is 52.5 Å². The third-order valence-corrected chi connectivity index (χ3v) is 4.50. The van der Waals surface area contributed by atoms with Gasteiger partial charge in [0.05, 0.1) is 0 Å². The lowest BCUT2D eigenvalue weighted by Gasteiger charge is -2.29. The lowest BCUT2D eigenvalue weighted by Crippen LogP contribution is -2.43. The van der Waals surface area contributed by atoms with Crippen molar-refractivity contribution in [2.75, 3.05) is 11.9 Å². The van der Waals surface area contributed by atoms with E-state index in [1.54, 1.807) is 24.3 Å². The maximum Gasteiger partial charge on any atom is 0.319 e. The van der Waals surface area contributed by atoms with Crippen LogP contribution < -0.4 is 16.0 Å². The second-order valence-electron chi connectivity index (χ2n) is 7.15. The third kappa shape index (κ3) is 5.55. The van der Waals surface area contributed by atoms with Gasteiger partial charge in [-0.1, -0.05) is 33.6 Å². The van der Waals surface area contributed by atoms with Crippen LogP contribution in [0.3, 0.4) is 0 Å². The number of urea groups is 1. The largest absolute Gasteiger partial charge is 0.352 e. The minimum atomic E-state index is -0.175. The normalized spacial score (nSPS) is 20.5. The van der Waals surface area contributed by atoms with Crippen molar-refractivity contribution < 1.29 is 9.59 Å². The van der Waals surface area contributed by atoms with Crippen LogP contribution in [0.15, 0.2) is 24.3 Å². The number of amides is 3. The standard InChI is InChI=1S/C19H29N3O2/c1-13(2)12-20-18(23)15-8-10-16(11-9-15)21-19(24)22-17-7-5-4-6-14(17)3/h8-11,13-14,17H,4-7,12H2,1-3H3,(H,20,23)(H2,21,22,24). The van der Waals surface area contributed by atoms with E-state index in [1.165, 1.54) is 19.3 Å². The molecule has 1 aliphatic carbocycles. The first kappa shape index (κ1) is 18.3. The number of carbonyl (C=O) groups excluding carboxylic acids is 2. The number of carbonyl (C=O) groups is 2. The van der Waals surface area contributed by atoms with Crippen LogP contribution >= 0.6 is 0 Å². The summed E-state index contributed by atoms with van der Waals surface area (Å²) in [6.45, 7) is 6.95. The molecule has 0 aromatic heterocycles. The molecule has 0 spiro atoms. The summed E-state index contributed by atoms with van der Waals surface area (Å²) in [5.74, 6) is 0.855. The van der Waals surface area contributed by atoms with Gasteiger partial charge in [0.25, 0.3) is 5.91 Å². The number of anilines is 1. The molecule has 3 N–H and O–H groups in total. The van der Waals surface area contributed by atoms with Crippen LogP contribution in [-0.4, -0.2) is 24.5 Å². The van der Waals surface area contributed by atoms with Gasteiger partial charge in [-0.3, -0.25) is 4.79 Å². The number of benzene rings is 1. The Labute approximate surface area is 144 Å². The first-order valence-corrected chi connectivity index (χ1v) is 8.91. The predicted octanol–water partition coefficient (Wildman–Crippen LogP) is 3.77. The van der Waals surface area contributed by atoms with Crippen molar-refractivity contribution >= 4 is 17.6 Å². The molecule has 1 aliphatic rings. The topological polar surface area (TPSA) is 70.2 Å². The van der Waals surface area contributed by atoms with Gasteiger partial charge in [-0.05, 0) is 48.9 Å². The zero-order chi connectivity index (χ0) is 17.5. The van der Waals surface area contributed by atoms with E-state index in [-0.39, 0.29) is 18.0 Å². The van der Waals surface area contributed by atoms with Crippen LogP contribution in [0.5, 0.6) is 0 Å². The average Bonchev–Trinajstić information content (AvgIpc) is 2.55. The highest BCUT2D eigenvalue weighted by molar-refractivity contribution is 5.95. The van der Waals surface area contributed by atoms with E-state index in [4.69, 9.17) is 0 Å². The molecule has 2 atom stereocenters. The van der Waals surface area contributed by atoms with Gasteiger partial charge >= 0.3 is 6.03 Å². The highest BCUT2D eigenvalue weighted by atomic mass is 16.2. The van der Waals surface area contributed by atoms with Gasteiger partial charge in [0.15, 0.2) is 0 Å². The van der Waals surface area contributed by atoms with Crippen LogP contribution in [0, 0.1) is 11.8 Å². The summed E-state index contributed by atoms with van der Waals surface area (Å²) in [5, 5.41) is 8.78. The number of nitrogens with one attached hydrogen (secondary N) is 3. The summed E-state index contributed by atoms with van der Waals surface area (Å²) < 4.78 is 0. The van der Waals surface area contributed by atoms with Crippen LogP contribution in [0.2, 0.25) is 0 Å². The fourth-order valence-corrected chi connectivity index (χ4v) is 2.97. The fourth-order valence-electron chi connectivity index (χ4n) is 2.97. The SMILES string of the molecule is CC(C)CNC(=O)c1ccc(NC(=O)NC2CCCCC2C)cc1. The van der Waals surface area contributed by atoms with E-state index in [0.717, 1.165) is 6.42 Å². The molecule has 1 aromatic carbocycles. The van der Waals surface area contributed by atoms with Crippen molar-refractivity contribution in [3.05, 3.63) is 29.8 Å². The molecule has 24 heavy (non-hydrogen) atoms. The van der Waals surface area contributed by atoms with Crippen molar-refractivity contribution in [1.82, 2.24) is 10.6 Å². The Morgan fingerprint density at radius 1 is 1.12 bits per heavy atom. The number of hydrogen-bond donors (Lipinski definition) is 3. The Morgan fingerprint density at radius 2 is 1.79 bits per heavy atom. The molecule has 0 heterocycles. The molecule has 3 amide bonds. The van der Waals surface area contributed by atoms with Crippen LogP contribution in [0.4, 0.5) is 10.5 Å². The Morgan fingerprint density at radius 3 is 2.42 bits per heavy atom. The molecule has 2 unspecified atom stereocenters. The monoisotopic (exact) mass is 331 g/mol. The maximum absolute atomic E-state index is 12.1. The molecule has 0 saturated heterocycles. The quantitative estimate of drug-likeness (QED) is 0.768. The van der Waals surface area contributed by atoms with Crippen molar-refractivity contribution in [3.8, 4) is 0 Å².